The number of ether oxygens (including phenoxy) is 1. The molecule has 0 aliphatic carbocycles. The molecule has 0 aromatic rings. The molecule has 0 saturated heterocycles. The van der Waals surface area contributed by atoms with E-state index in [2.05, 4.69) is 56.5 Å². The molecule has 0 heterocycles. The van der Waals surface area contributed by atoms with Crippen molar-refractivity contribution in [2.75, 3.05) is 40.9 Å². The number of carbonyl (C=O) groups is 2. The van der Waals surface area contributed by atoms with Crippen molar-refractivity contribution in [3.63, 3.8) is 0 Å². The van der Waals surface area contributed by atoms with Gasteiger partial charge in [-0.05, 0) is 63.9 Å². The van der Waals surface area contributed by atoms with E-state index < -0.39 is 20.0 Å². The second-order valence-electron chi connectivity index (χ2n) is 26.8. The van der Waals surface area contributed by atoms with Crippen LogP contribution in [0.15, 0.2) is 36.5 Å². The summed E-state index contributed by atoms with van der Waals surface area (Å²) in [5.74, 6) is -0.488. The normalized spacial score (nSPS) is 13.6. The Morgan fingerprint density at radius 3 is 1.08 bits per heavy atom. The Hall–Kier alpha value is -1.77. The van der Waals surface area contributed by atoms with Crippen LogP contribution in [0.4, 0.5) is 0 Å². The van der Waals surface area contributed by atoms with E-state index in [1.165, 1.54) is 283 Å². The molecule has 0 bridgehead atoms. The number of rotatable bonds is 69. The number of nitrogens with one attached hydrogen (secondary N) is 1. The van der Waals surface area contributed by atoms with E-state index in [0.717, 1.165) is 64.2 Å². The summed E-state index contributed by atoms with van der Waals surface area (Å²) in [6.45, 7) is 7.06. The van der Waals surface area contributed by atoms with E-state index in [-0.39, 0.29) is 25.1 Å². The highest BCUT2D eigenvalue weighted by molar-refractivity contribution is 7.47. The van der Waals surface area contributed by atoms with Gasteiger partial charge in [0.15, 0.2) is 0 Å². The minimum atomic E-state index is -4.45. The van der Waals surface area contributed by atoms with Crippen LogP contribution in [-0.2, 0) is 27.9 Å². The molecule has 0 fully saturated rings. The molecule has 1 amide bonds. The minimum Gasteiger partial charge on any atom is -0.456 e. The lowest BCUT2D eigenvalue weighted by Crippen LogP contribution is -2.47. The molecular weight excluding hydrogens is 1070 g/mol. The van der Waals surface area contributed by atoms with Gasteiger partial charge in [0.1, 0.15) is 19.3 Å². The highest BCUT2D eigenvalue weighted by Gasteiger charge is 2.30. The van der Waals surface area contributed by atoms with Gasteiger partial charge in [0.2, 0.25) is 5.91 Å². The van der Waals surface area contributed by atoms with Crippen molar-refractivity contribution in [3.8, 4) is 0 Å². The third-order valence-electron chi connectivity index (χ3n) is 17.1. The average molecular weight is 1220 g/mol. The molecule has 502 valence electrons. The number of phosphoric acid groups is 1. The van der Waals surface area contributed by atoms with Gasteiger partial charge in [-0.3, -0.25) is 18.6 Å². The van der Waals surface area contributed by atoms with E-state index in [9.17, 15) is 19.0 Å². The van der Waals surface area contributed by atoms with Gasteiger partial charge in [0.25, 0.3) is 0 Å². The van der Waals surface area contributed by atoms with Crippen LogP contribution in [0, 0.1) is 0 Å². The molecule has 0 rings (SSSR count). The first-order valence-corrected chi connectivity index (χ1v) is 38.8. The Kier molecular flexibility index (Phi) is 63.8. The number of esters is 1. The third-order valence-corrected chi connectivity index (χ3v) is 18.1. The molecule has 0 aromatic carbocycles. The summed E-state index contributed by atoms with van der Waals surface area (Å²) in [7, 11) is 1.51. The van der Waals surface area contributed by atoms with Crippen LogP contribution in [0.25, 0.3) is 0 Å². The number of nitrogens with zero attached hydrogens (tertiary/aromatic N) is 1. The van der Waals surface area contributed by atoms with Gasteiger partial charge in [-0.2, -0.15) is 0 Å². The number of quaternary nitrogens is 1. The van der Waals surface area contributed by atoms with Crippen molar-refractivity contribution in [2.24, 2.45) is 0 Å². The summed E-state index contributed by atoms with van der Waals surface area (Å²) in [5, 5.41) is 3.08. The molecule has 0 saturated carbocycles. The quantitative estimate of drug-likeness (QED) is 0.0205. The average Bonchev–Trinajstić information content (AvgIpc) is 3.50. The van der Waals surface area contributed by atoms with Crippen molar-refractivity contribution in [1.82, 2.24) is 5.32 Å². The van der Waals surface area contributed by atoms with Crippen molar-refractivity contribution >= 4 is 19.7 Å². The van der Waals surface area contributed by atoms with E-state index in [1.807, 2.05) is 27.2 Å². The fraction of sp³-hybridized carbons (Fsp3) is 0.893. The van der Waals surface area contributed by atoms with Crippen LogP contribution in [0.3, 0.4) is 0 Å². The number of hydrogen-bond donors (Lipinski definition) is 2. The second kappa shape index (κ2) is 65.2. The summed E-state index contributed by atoms with van der Waals surface area (Å²) >= 11 is 0. The maximum atomic E-state index is 13.6. The van der Waals surface area contributed by atoms with Crippen molar-refractivity contribution < 1.29 is 37.3 Å². The molecule has 0 spiro atoms. The molecule has 0 radical (unpaired) electrons. The molecule has 0 aromatic heterocycles. The molecule has 2 N–H and O–H groups in total. The van der Waals surface area contributed by atoms with E-state index in [4.69, 9.17) is 13.8 Å². The van der Waals surface area contributed by atoms with Gasteiger partial charge in [0, 0.05) is 12.8 Å². The van der Waals surface area contributed by atoms with Gasteiger partial charge in [-0.15, -0.1) is 0 Å². The number of phosphoric ester groups is 1. The van der Waals surface area contributed by atoms with Gasteiger partial charge in [0.05, 0.1) is 33.8 Å². The molecule has 0 aliphatic heterocycles. The lowest BCUT2D eigenvalue weighted by atomic mass is 10.0. The fourth-order valence-electron chi connectivity index (χ4n) is 11.3. The third kappa shape index (κ3) is 66.5. The number of unbranched alkanes of at least 4 members (excludes halogenated alkanes) is 49. The molecule has 3 atom stereocenters. The maximum absolute atomic E-state index is 13.6. The molecule has 0 aliphatic rings. The van der Waals surface area contributed by atoms with Crippen molar-refractivity contribution in [1.29, 1.82) is 0 Å². The first kappa shape index (κ1) is 83.2. The Balaban J connectivity index is 4.98. The van der Waals surface area contributed by atoms with Crippen molar-refractivity contribution in [2.45, 2.75) is 392 Å². The summed E-state index contributed by atoms with van der Waals surface area (Å²) in [6, 6.07) is -0.847. The Bertz CT molecular complexity index is 1550. The lowest BCUT2D eigenvalue weighted by Gasteiger charge is -2.27. The summed E-state index contributed by atoms with van der Waals surface area (Å²) in [5.41, 5.74) is 0. The monoisotopic (exact) mass is 1220 g/mol. The first-order valence-electron chi connectivity index (χ1n) is 37.3. The fourth-order valence-corrected chi connectivity index (χ4v) is 12.1. The molecule has 85 heavy (non-hydrogen) atoms. The molecule has 9 nitrogen and oxygen atoms in total. The number of hydrogen-bond acceptors (Lipinski definition) is 6. The van der Waals surface area contributed by atoms with Gasteiger partial charge in [-0.25, -0.2) is 4.57 Å². The van der Waals surface area contributed by atoms with Crippen LogP contribution < -0.4 is 5.32 Å². The van der Waals surface area contributed by atoms with Crippen LogP contribution >= 0.6 is 7.82 Å². The zero-order valence-corrected chi connectivity index (χ0v) is 58.5. The van der Waals surface area contributed by atoms with Crippen molar-refractivity contribution in [3.05, 3.63) is 36.5 Å². The number of allylic oxidation sites excluding steroid dienone is 5. The van der Waals surface area contributed by atoms with E-state index in [0.29, 0.717) is 23.9 Å². The van der Waals surface area contributed by atoms with Gasteiger partial charge in [-0.1, -0.05) is 340 Å². The highest BCUT2D eigenvalue weighted by Crippen LogP contribution is 2.43. The van der Waals surface area contributed by atoms with Crippen LogP contribution in [-0.4, -0.2) is 74.3 Å². The largest absolute Gasteiger partial charge is 0.472 e. The van der Waals surface area contributed by atoms with E-state index >= 15 is 0 Å². The predicted molar refractivity (Wildman–Crippen MR) is 369 cm³/mol. The molecule has 3 unspecified atom stereocenters. The zero-order chi connectivity index (χ0) is 62.1. The van der Waals surface area contributed by atoms with Crippen LogP contribution in [0.2, 0.25) is 0 Å². The number of likely N-dealkylation sites (N-methyl/N-ethyl adjacent to an activating group) is 1. The summed E-state index contributed by atoms with van der Waals surface area (Å²) in [4.78, 5) is 38.0. The summed E-state index contributed by atoms with van der Waals surface area (Å²) < 4.78 is 30.9. The minimum absolute atomic E-state index is 0.0424. The highest BCUT2D eigenvalue weighted by atomic mass is 31.2. The predicted octanol–water partition coefficient (Wildman–Crippen LogP) is 23.8. The van der Waals surface area contributed by atoms with Crippen LogP contribution in [0.5, 0.6) is 0 Å². The van der Waals surface area contributed by atoms with Gasteiger partial charge >= 0.3 is 13.8 Å². The maximum Gasteiger partial charge on any atom is 0.472 e. The standard InChI is InChI=1S/C75H145N2O7P/c1-7-10-13-16-19-22-25-28-30-32-34-35-36-37-38-39-40-41-43-44-46-49-52-55-58-61-64-67-74(78)76-72(71-83-85(80,81)82-70-69-77(4,5)6)73(66-63-60-57-54-51-48-27-24-21-18-15-12-9-3)84-75(79)68-65-62-59-56-53-50-47-45-42-33-31-29-26-23-20-17-14-11-8-2/h20,23,29,31,63,66,72-73H,7-19,21-22,24-28,30,32-62,64-65,67-71H2,1-6H3,(H-,76,78,80,81)/p+1/b23-20-,31-29-,66-63-. The number of carbonyl (C=O) groups excluding carboxylic acids is 2. The topological polar surface area (TPSA) is 111 Å². The van der Waals surface area contributed by atoms with Crippen LogP contribution in [0.1, 0.15) is 380 Å². The lowest BCUT2D eigenvalue weighted by molar-refractivity contribution is -0.870. The van der Waals surface area contributed by atoms with E-state index in [1.54, 1.807) is 0 Å². The molecular formula is C75H146N2O7P+. The van der Waals surface area contributed by atoms with Gasteiger partial charge < -0.3 is 19.4 Å². The number of amides is 1. The Morgan fingerprint density at radius 1 is 0.412 bits per heavy atom. The summed E-state index contributed by atoms with van der Waals surface area (Å²) in [6.07, 6.45) is 81.7. The second-order valence-corrected chi connectivity index (χ2v) is 28.3. The SMILES string of the molecule is CCCCC/C=C\C/C=C\CCCCCCCCCCCC(=O)OC(/C=C\CCCCCCCCCCCCC)C(COP(=O)(O)OCC[N+](C)(C)C)NC(=O)CCCCCCCCCCCCCCCCCCCCCCCCCCCCC. The smallest absolute Gasteiger partial charge is 0.456 e. The Labute approximate surface area is 529 Å². The Morgan fingerprint density at radius 2 is 0.718 bits per heavy atom. The zero-order valence-electron chi connectivity index (χ0n) is 57.6. The molecule has 10 heteroatoms. The first-order chi connectivity index (χ1) is 41.4.